The van der Waals surface area contributed by atoms with E-state index in [1.165, 1.54) is 0 Å². The smallest absolute Gasteiger partial charge is 0.0731 e. The van der Waals surface area contributed by atoms with E-state index < -0.39 is 0 Å². The Kier molecular flexibility index (Phi) is 9.34. The molecule has 0 saturated heterocycles. The summed E-state index contributed by atoms with van der Waals surface area (Å²) < 4.78 is 5.95. The SMILES string of the molecule is CCCNC(Cc1cccc(Cl)c1Cl)C(CCC)OCC. The molecule has 1 aromatic carbocycles. The monoisotopic (exact) mass is 331 g/mol. The van der Waals surface area contributed by atoms with E-state index in [0.29, 0.717) is 10.0 Å². The van der Waals surface area contributed by atoms with Crippen molar-refractivity contribution in [3.05, 3.63) is 33.8 Å². The zero-order valence-corrected chi connectivity index (χ0v) is 14.8. The first kappa shape index (κ1) is 18.8. The van der Waals surface area contributed by atoms with Crippen molar-refractivity contribution < 1.29 is 4.74 Å². The lowest BCUT2D eigenvalue weighted by molar-refractivity contribution is 0.0282. The summed E-state index contributed by atoms with van der Waals surface area (Å²) in [6, 6.07) is 6.09. The van der Waals surface area contributed by atoms with Crippen LogP contribution in [0.5, 0.6) is 0 Å². The number of nitrogens with one attached hydrogen (secondary N) is 1. The molecule has 0 aromatic heterocycles. The predicted molar refractivity (Wildman–Crippen MR) is 92.6 cm³/mol. The zero-order valence-electron chi connectivity index (χ0n) is 13.3. The zero-order chi connectivity index (χ0) is 15.7. The molecule has 2 atom stereocenters. The van der Waals surface area contributed by atoms with E-state index in [1.807, 2.05) is 25.1 Å². The Morgan fingerprint density at radius 1 is 1.14 bits per heavy atom. The molecule has 4 heteroatoms. The molecule has 0 heterocycles. The first-order valence-electron chi connectivity index (χ1n) is 7.91. The van der Waals surface area contributed by atoms with Crippen molar-refractivity contribution >= 4 is 23.2 Å². The van der Waals surface area contributed by atoms with Gasteiger partial charge in [0.25, 0.3) is 0 Å². The Morgan fingerprint density at radius 3 is 2.52 bits per heavy atom. The van der Waals surface area contributed by atoms with Gasteiger partial charge in [0.15, 0.2) is 0 Å². The lowest BCUT2D eigenvalue weighted by atomic mass is 9.98. The van der Waals surface area contributed by atoms with E-state index in [1.54, 1.807) is 0 Å². The standard InChI is InChI=1S/C17H27Cl2NO/c1-4-8-16(21-6-3)15(20-11-5-2)12-13-9-7-10-14(18)17(13)19/h7,9-10,15-16,20H,4-6,8,11-12H2,1-3H3. The second-order valence-electron chi connectivity index (χ2n) is 5.26. The highest BCUT2D eigenvalue weighted by atomic mass is 35.5. The lowest BCUT2D eigenvalue weighted by Gasteiger charge is -2.28. The Bertz CT molecular complexity index is 406. The maximum Gasteiger partial charge on any atom is 0.0731 e. The Balaban J connectivity index is 2.87. The highest BCUT2D eigenvalue weighted by molar-refractivity contribution is 6.42. The third kappa shape index (κ3) is 6.15. The van der Waals surface area contributed by atoms with Crippen molar-refractivity contribution in [3.63, 3.8) is 0 Å². The summed E-state index contributed by atoms with van der Waals surface area (Å²) in [5.74, 6) is 0. The van der Waals surface area contributed by atoms with Crippen molar-refractivity contribution in [2.45, 2.75) is 58.6 Å². The average molecular weight is 332 g/mol. The second-order valence-corrected chi connectivity index (χ2v) is 6.05. The highest BCUT2D eigenvalue weighted by Crippen LogP contribution is 2.27. The molecule has 1 N–H and O–H groups in total. The van der Waals surface area contributed by atoms with Crippen LogP contribution in [-0.4, -0.2) is 25.3 Å². The Labute approximate surface area is 139 Å². The third-order valence-electron chi connectivity index (χ3n) is 3.53. The first-order chi connectivity index (χ1) is 10.1. The van der Waals surface area contributed by atoms with E-state index in [0.717, 1.165) is 44.4 Å². The van der Waals surface area contributed by atoms with Crippen molar-refractivity contribution in [3.8, 4) is 0 Å². The van der Waals surface area contributed by atoms with Gasteiger partial charge in [-0.3, -0.25) is 0 Å². The van der Waals surface area contributed by atoms with Crippen LogP contribution in [0.2, 0.25) is 10.0 Å². The normalized spacial score (nSPS) is 14.1. The molecule has 0 aliphatic heterocycles. The molecule has 0 fully saturated rings. The molecular weight excluding hydrogens is 305 g/mol. The van der Waals surface area contributed by atoms with Crippen LogP contribution in [0.4, 0.5) is 0 Å². The molecular formula is C17H27Cl2NO. The minimum atomic E-state index is 0.210. The molecule has 0 bridgehead atoms. The van der Waals surface area contributed by atoms with E-state index >= 15 is 0 Å². The number of hydrogen-bond donors (Lipinski definition) is 1. The predicted octanol–water partition coefficient (Wildman–Crippen LogP) is 5.11. The average Bonchev–Trinajstić information content (AvgIpc) is 2.47. The van der Waals surface area contributed by atoms with Crippen molar-refractivity contribution in [1.29, 1.82) is 0 Å². The van der Waals surface area contributed by atoms with Crippen LogP contribution in [0.15, 0.2) is 18.2 Å². The molecule has 0 saturated carbocycles. The van der Waals surface area contributed by atoms with Gasteiger partial charge in [-0.15, -0.1) is 0 Å². The van der Waals surface area contributed by atoms with Crippen molar-refractivity contribution in [2.24, 2.45) is 0 Å². The summed E-state index contributed by atoms with van der Waals surface area (Å²) in [6.07, 6.45) is 4.31. The summed E-state index contributed by atoms with van der Waals surface area (Å²) in [4.78, 5) is 0. The minimum absolute atomic E-state index is 0.210. The van der Waals surface area contributed by atoms with Gasteiger partial charge in [0.05, 0.1) is 16.1 Å². The molecule has 0 radical (unpaired) electrons. The van der Waals surface area contributed by atoms with Gasteiger partial charge in [-0.05, 0) is 44.4 Å². The van der Waals surface area contributed by atoms with Crippen molar-refractivity contribution in [2.75, 3.05) is 13.2 Å². The van der Waals surface area contributed by atoms with Gasteiger partial charge in [0.2, 0.25) is 0 Å². The van der Waals surface area contributed by atoms with Crippen molar-refractivity contribution in [1.82, 2.24) is 5.32 Å². The van der Waals surface area contributed by atoms with E-state index in [2.05, 4.69) is 19.2 Å². The molecule has 0 aliphatic rings. The van der Waals surface area contributed by atoms with Crippen LogP contribution in [0.25, 0.3) is 0 Å². The van der Waals surface area contributed by atoms with Gasteiger partial charge in [0, 0.05) is 12.6 Å². The summed E-state index contributed by atoms with van der Waals surface area (Å²) in [5.41, 5.74) is 1.08. The fraction of sp³-hybridized carbons (Fsp3) is 0.647. The van der Waals surface area contributed by atoms with Crippen LogP contribution >= 0.6 is 23.2 Å². The van der Waals surface area contributed by atoms with Gasteiger partial charge in [0.1, 0.15) is 0 Å². The summed E-state index contributed by atoms with van der Waals surface area (Å²) in [7, 11) is 0. The third-order valence-corrected chi connectivity index (χ3v) is 4.39. The molecule has 2 nitrogen and oxygen atoms in total. The van der Waals surface area contributed by atoms with Crippen LogP contribution in [0, 0.1) is 0 Å². The summed E-state index contributed by atoms with van der Waals surface area (Å²) in [5, 5.41) is 4.89. The second kappa shape index (κ2) is 10.4. The molecule has 120 valence electrons. The quantitative estimate of drug-likeness (QED) is 0.643. The maximum atomic E-state index is 6.33. The lowest BCUT2D eigenvalue weighted by Crippen LogP contribution is -2.43. The number of ether oxygens (including phenoxy) is 1. The maximum absolute atomic E-state index is 6.33. The van der Waals surface area contributed by atoms with E-state index in [9.17, 15) is 0 Å². The minimum Gasteiger partial charge on any atom is -0.377 e. The topological polar surface area (TPSA) is 21.3 Å². The summed E-state index contributed by atoms with van der Waals surface area (Å²) in [6.45, 7) is 8.13. The van der Waals surface area contributed by atoms with Crippen LogP contribution < -0.4 is 5.32 Å². The van der Waals surface area contributed by atoms with Crippen LogP contribution in [0.3, 0.4) is 0 Å². The number of benzene rings is 1. The van der Waals surface area contributed by atoms with Gasteiger partial charge in [-0.25, -0.2) is 0 Å². The number of halogens is 2. The van der Waals surface area contributed by atoms with Gasteiger partial charge in [-0.1, -0.05) is 55.6 Å². The van der Waals surface area contributed by atoms with E-state index in [4.69, 9.17) is 27.9 Å². The summed E-state index contributed by atoms with van der Waals surface area (Å²) >= 11 is 12.4. The molecule has 0 aliphatic carbocycles. The molecule has 0 amide bonds. The molecule has 1 rings (SSSR count). The fourth-order valence-electron chi connectivity index (χ4n) is 2.51. The first-order valence-corrected chi connectivity index (χ1v) is 8.67. The number of hydrogen-bond acceptors (Lipinski definition) is 2. The molecule has 1 aromatic rings. The Morgan fingerprint density at radius 2 is 1.90 bits per heavy atom. The van der Waals surface area contributed by atoms with Gasteiger partial charge < -0.3 is 10.1 Å². The Hall–Kier alpha value is -0.280. The van der Waals surface area contributed by atoms with Gasteiger partial charge in [-0.2, -0.15) is 0 Å². The molecule has 2 unspecified atom stereocenters. The van der Waals surface area contributed by atoms with Crippen LogP contribution in [-0.2, 0) is 11.2 Å². The van der Waals surface area contributed by atoms with E-state index in [-0.39, 0.29) is 12.1 Å². The molecule has 0 spiro atoms. The van der Waals surface area contributed by atoms with Gasteiger partial charge >= 0.3 is 0 Å². The molecule has 21 heavy (non-hydrogen) atoms. The van der Waals surface area contributed by atoms with Crippen LogP contribution in [0.1, 0.15) is 45.6 Å². The largest absolute Gasteiger partial charge is 0.377 e. The fourth-order valence-corrected chi connectivity index (χ4v) is 2.90. The number of rotatable bonds is 10. The highest BCUT2D eigenvalue weighted by Gasteiger charge is 2.22.